The zero-order valence-corrected chi connectivity index (χ0v) is 7.04. The molecule has 3 nitrogen and oxygen atoms in total. The first-order chi connectivity index (χ1) is 5.79. The number of carbonyl (C=O) groups is 1. The molecule has 0 bridgehead atoms. The molecule has 0 aromatic carbocycles. The summed E-state index contributed by atoms with van der Waals surface area (Å²) in [5.74, 6) is 1.30. The molecule has 0 saturated heterocycles. The molecule has 2 rings (SSSR count). The molecule has 0 atom stereocenters. The number of hydrogen-bond donors (Lipinski definition) is 0. The molecule has 0 spiro atoms. The van der Waals surface area contributed by atoms with E-state index in [9.17, 15) is 4.79 Å². The molecule has 0 radical (unpaired) electrons. The summed E-state index contributed by atoms with van der Waals surface area (Å²) < 4.78 is 5.06. The number of carbonyl (C=O) groups excluding carboxylic acids is 1. The summed E-state index contributed by atoms with van der Waals surface area (Å²) in [7, 11) is 0. The standard InChI is InChI=1S/C9H11NO2/c1-6(11)8-5-10-12-9(8)7-3-2-4-7/h5,7H,2-4H2,1H3. The molecule has 1 aromatic heterocycles. The van der Waals surface area contributed by atoms with Crippen LogP contribution in [0, 0.1) is 0 Å². The highest BCUT2D eigenvalue weighted by Gasteiger charge is 2.27. The fraction of sp³-hybridized carbons (Fsp3) is 0.556. The summed E-state index contributed by atoms with van der Waals surface area (Å²) in [5, 5.41) is 3.65. The number of rotatable bonds is 2. The van der Waals surface area contributed by atoms with Crippen molar-refractivity contribution in [1.82, 2.24) is 5.16 Å². The largest absolute Gasteiger partial charge is 0.360 e. The van der Waals surface area contributed by atoms with E-state index in [1.54, 1.807) is 6.92 Å². The normalized spacial score (nSPS) is 17.4. The zero-order chi connectivity index (χ0) is 8.55. The Kier molecular flexibility index (Phi) is 1.71. The lowest BCUT2D eigenvalue weighted by Crippen LogP contribution is -2.10. The Bertz CT molecular complexity index is 299. The fourth-order valence-corrected chi connectivity index (χ4v) is 1.48. The summed E-state index contributed by atoms with van der Waals surface area (Å²) in [6.45, 7) is 1.55. The Balaban J connectivity index is 2.29. The van der Waals surface area contributed by atoms with E-state index < -0.39 is 0 Å². The molecule has 1 aliphatic rings. The van der Waals surface area contributed by atoms with Crippen LogP contribution in [0.15, 0.2) is 10.7 Å². The predicted octanol–water partition coefficient (Wildman–Crippen LogP) is 2.14. The summed E-state index contributed by atoms with van der Waals surface area (Å²) >= 11 is 0. The average molecular weight is 165 g/mol. The van der Waals surface area contributed by atoms with Crippen LogP contribution in [-0.4, -0.2) is 10.9 Å². The van der Waals surface area contributed by atoms with Crippen LogP contribution in [0.25, 0.3) is 0 Å². The van der Waals surface area contributed by atoms with Crippen molar-refractivity contribution in [1.29, 1.82) is 0 Å². The number of hydrogen-bond acceptors (Lipinski definition) is 3. The molecule has 0 aliphatic heterocycles. The van der Waals surface area contributed by atoms with Crippen LogP contribution >= 0.6 is 0 Å². The number of ketones is 1. The topological polar surface area (TPSA) is 43.1 Å². The van der Waals surface area contributed by atoms with E-state index in [0.29, 0.717) is 11.5 Å². The highest BCUT2D eigenvalue weighted by molar-refractivity contribution is 5.94. The van der Waals surface area contributed by atoms with Gasteiger partial charge in [0.2, 0.25) is 0 Å². The molecule has 1 fully saturated rings. The maximum Gasteiger partial charge on any atom is 0.164 e. The first-order valence-corrected chi connectivity index (χ1v) is 4.24. The zero-order valence-electron chi connectivity index (χ0n) is 7.04. The fourth-order valence-electron chi connectivity index (χ4n) is 1.48. The van der Waals surface area contributed by atoms with Gasteiger partial charge in [-0.2, -0.15) is 0 Å². The van der Waals surface area contributed by atoms with Crippen LogP contribution in [0.4, 0.5) is 0 Å². The van der Waals surface area contributed by atoms with Gasteiger partial charge >= 0.3 is 0 Å². The second-order valence-corrected chi connectivity index (χ2v) is 3.29. The molecule has 3 heteroatoms. The van der Waals surface area contributed by atoms with Gasteiger partial charge in [0, 0.05) is 5.92 Å². The Morgan fingerprint density at radius 1 is 1.67 bits per heavy atom. The quantitative estimate of drug-likeness (QED) is 0.630. The van der Waals surface area contributed by atoms with Crippen molar-refractivity contribution in [2.75, 3.05) is 0 Å². The van der Waals surface area contributed by atoms with Gasteiger partial charge in [0.05, 0.1) is 11.8 Å². The van der Waals surface area contributed by atoms with E-state index in [1.165, 1.54) is 12.6 Å². The van der Waals surface area contributed by atoms with Crippen LogP contribution in [0.5, 0.6) is 0 Å². The highest BCUT2D eigenvalue weighted by Crippen LogP contribution is 2.37. The summed E-state index contributed by atoms with van der Waals surface area (Å²) in [6, 6.07) is 0. The Labute approximate surface area is 70.7 Å². The minimum atomic E-state index is 0.0538. The minimum Gasteiger partial charge on any atom is -0.360 e. The molecular weight excluding hydrogens is 154 g/mol. The predicted molar refractivity (Wildman–Crippen MR) is 43.1 cm³/mol. The van der Waals surface area contributed by atoms with Gasteiger partial charge in [-0.1, -0.05) is 11.6 Å². The second kappa shape index (κ2) is 2.73. The van der Waals surface area contributed by atoms with Gasteiger partial charge in [0.25, 0.3) is 0 Å². The van der Waals surface area contributed by atoms with E-state index in [1.807, 2.05) is 0 Å². The van der Waals surface area contributed by atoms with Gasteiger partial charge in [-0.15, -0.1) is 0 Å². The van der Waals surface area contributed by atoms with Gasteiger partial charge in [-0.05, 0) is 19.8 Å². The Morgan fingerprint density at radius 3 is 2.92 bits per heavy atom. The molecule has 12 heavy (non-hydrogen) atoms. The van der Waals surface area contributed by atoms with E-state index >= 15 is 0 Å². The second-order valence-electron chi connectivity index (χ2n) is 3.29. The smallest absolute Gasteiger partial charge is 0.164 e. The number of nitrogens with zero attached hydrogens (tertiary/aromatic N) is 1. The van der Waals surface area contributed by atoms with Crippen molar-refractivity contribution < 1.29 is 9.32 Å². The SMILES string of the molecule is CC(=O)c1cnoc1C1CCC1. The van der Waals surface area contributed by atoms with Crippen LogP contribution < -0.4 is 0 Å². The monoisotopic (exact) mass is 165 g/mol. The van der Waals surface area contributed by atoms with Crippen molar-refractivity contribution in [2.45, 2.75) is 32.1 Å². The van der Waals surface area contributed by atoms with Crippen molar-refractivity contribution in [3.63, 3.8) is 0 Å². The molecule has 1 aliphatic carbocycles. The molecule has 0 amide bonds. The highest BCUT2D eigenvalue weighted by atomic mass is 16.5. The van der Waals surface area contributed by atoms with E-state index in [2.05, 4.69) is 5.16 Å². The lowest BCUT2D eigenvalue weighted by atomic mass is 9.82. The third-order valence-corrected chi connectivity index (χ3v) is 2.45. The molecule has 1 saturated carbocycles. The van der Waals surface area contributed by atoms with Crippen molar-refractivity contribution in [2.24, 2.45) is 0 Å². The Morgan fingerprint density at radius 2 is 2.42 bits per heavy atom. The Hall–Kier alpha value is -1.12. The van der Waals surface area contributed by atoms with Crippen molar-refractivity contribution >= 4 is 5.78 Å². The maximum atomic E-state index is 11.1. The van der Waals surface area contributed by atoms with Gasteiger partial charge in [-0.25, -0.2) is 0 Å². The molecule has 0 unspecified atom stereocenters. The van der Waals surface area contributed by atoms with Gasteiger partial charge in [0.1, 0.15) is 0 Å². The van der Waals surface area contributed by atoms with Gasteiger partial charge in [0.15, 0.2) is 11.5 Å². The average Bonchev–Trinajstić information content (AvgIpc) is 2.31. The lowest BCUT2D eigenvalue weighted by Gasteiger charge is -2.22. The van der Waals surface area contributed by atoms with Crippen molar-refractivity contribution in [3.05, 3.63) is 17.5 Å². The van der Waals surface area contributed by atoms with Crippen LogP contribution in [0.2, 0.25) is 0 Å². The van der Waals surface area contributed by atoms with Crippen LogP contribution in [0.1, 0.15) is 48.2 Å². The molecule has 64 valence electrons. The number of aromatic nitrogens is 1. The van der Waals surface area contributed by atoms with Crippen LogP contribution in [-0.2, 0) is 0 Å². The number of Topliss-reactive ketones (excluding diaryl/α,β-unsaturated/α-hetero) is 1. The maximum absolute atomic E-state index is 11.1. The molecule has 1 aromatic rings. The minimum absolute atomic E-state index is 0.0538. The summed E-state index contributed by atoms with van der Waals surface area (Å²) in [4.78, 5) is 11.1. The summed E-state index contributed by atoms with van der Waals surface area (Å²) in [6.07, 6.45) is 5.03. The van der Waals surface area contributed by atoms with E-state index in [-0.39, 0.29) is 5.78 Å². The first-order valence-electron chi connectivity index (χ1n) is 4.24. The van der Waals surface area contributed by atoms with E-state index in [4.69, 9.17) is 4.52 Å². The molecule has 1 heterocycles. The van der Waals surface area contributed by atoms with Crippen molar-refractivity contribution in [3.8, 4) is 0 Å². The molecule has 0 N–H and O–H groups in total. The molecular formula is C9H11NO2. The van der Waals surface area contributed by atoms with Gasteiger partial charge in [-0.3, -0.25) is 4.79 Å². The van der Waals surface area contributed by atoms with Gasteiger partial charge < -0.3 is 4.52 Å². The first kappa shape index (κ1) is 7.53. The van der Waals surface area contributed by atoms with Crippen LogP contribution in [0.3, 0.4) is 0 Å². The third kappa shape index (κ3) is 1.05. The third-order valence-electron chi connectivity index (χ3n) is 2.45. The van der Waals surface area contributed by atoms with E-state index in [0.717, 1.165) is 18.6 Å². The summed E-state index contributed by atoms with van der Waals surface area (Å²) in [5.41, 5.74) is 0.666. The lowest BCUT2D eigenvalue weighted by molar-refractivity contribution is 0.101.